The Balaban J connectivity index is 1.43. The fourth-order valence-electron chi connectivity index (χ4n) is 4.62. The van der Waals surface area contributed by atoms with Gasteiger partial charge in [-0.25, -0.2) is 4.79 Å². The second-order valence-electron chi connectivity index (χ2n) is 10.4. The minimum Gasteiger partial charge on any atom is -0.487 e. The van der Waals surface area contributed by atoms with Gasteiger partial charge in [0.1, 0.15) is 23.7 Å². The van der Waals surface area contributed by atoms with Crippen molar-refractivity contribution < 1.29 is 23.8 Å². The van der Waals surface area contributed by atoms with Gasteiger partial charge in [-0.2, -0.15) is 0 Å². The number of carbonyl (C=O) groups excluding carboxylic acids is 2. The average molecular weight is 508 g/mol. The van der Waals surface area contributed by atoms with Gasteiger partial charge in [-0.3, -0.25) is 4.79 Å². The van der Waals surface area contributed by atoms with E-state index in [2.05, 4.69) is 32.1 Å². The Morgan fingerprint density at radius 1 is 1.16 bits per heavy atom. The topological polar surface area (TPSA) is 87.9 Å². The fourth-order valence-corrected chi connectivity index (χ4v) is 4.62. The molecule has 1 aliphatic carbocycles. The highest BCUT2D eigenvalue weighted by molar-refractivity contribution is 5.87. The largest absolute Gasteiger partial charge is 0.487 e. The van der Waals surface area contributed by atoms with E-state index in [-0.39, 0.29) is 18.2 Å². The van der Waals surface area contributed by atoms with E-state index >= 15 is 0 Å². The Hall–Kier alpha value is -3.28. The molecule has 3 rings (SSSR count). The smallest absolute Gasteiger partial charge is 0.333 e. The zero-order chi connectivity index (χ0) is 26.8. The zero-order valence-corrected chi connectivity index (χ0v) is 22.7. The van der Waals surface area contributed by atoms with E-state index in [4.69, 9.17) is 19.9 Å². The summed E-state index contributed by atoms with van der Waals surface area (Å²) in [6.07, 6.45) is 18.0. The van der Waals surface area contributed by atoms with Crippen LogP contribution in [0.25, 0.3) is 0 Å². The molecule has 1 aliphatic heterocycles. The first-order valence-electron chi connectivity index (χ1n) is 13.2. The van der Waals surface area contributed by atoms with E-state index in [1.807, 2.05) is 38.1 Å². The van der Waals surface area contributed by atoms with Crippen molar-refractivity contribution in [1.29, 1.82) is 0 Å². The lowest BCUT2D eigenvalue weighted by atomic mass is 9.87. The van der Waals surface area contributed by atoms with Gasteiger partial charge in [-0.1, -0.05) is 36.0 Å². The van der Waals surface area contributed by atoms with E-state index < -0.39 is 5.91 Å². The van der Waals surface area contributed by atoms with Crippen molar-refractivity contribution in [2.75, 3.05) is 13.2 Å². The highest BCUT2D eigenvalue weighted by Crippen LogP contribution is 2.40. The number of ether oxygens (including phenoxy) is 3. The molecule has 0 saturated carbocycles. The number of rotatable bonds is 12. The molecule has 6 nitrogen and oxygen atoms in total. The molecule has 1 atom stereocenters. The third-order valence-corrected chi connectivity index (χ3v) is 6.90. The predicted molar refractivity (Wildman–Crippen MR) is 147 cm³/mol. The summed E-state index contributed by atoms with van der Waals surface area (Å²) in [6.45, 7) is 8.35. The Morgan fingerprint density at radius 2 is 1.97 bits per heavy atom. The summed E-state index contributed by atoms with van der Waals surface area (Å²) in [7, 11) is 0. The molecule has 2 aliphatic rings. The Labute approximate surface area is 221 Å². The maximum Gasteiger partial charge on any atom is 0.333 e. The molecular weight excluding hydrogens is 466 g/mol. The molecule has 0 aromatic heterocycles. The van der Waals surface area contributed by atoms with Crippen molar-refractivity contribution in [1.82, 2.24) is 0 Å². The maximum absolute atomic E-state index is 12.2. The van der Waals surface area contributed by atoms with Gasteiger partial charge in [-0.05, 0) is 108 Å². The van der Waals surface area contributed by atoms with Crippen LogP contribution in [0.3, 0.4) is 0 Å². The van der Waals surface area contributed by atoms with Crippen LogP contribution in [0.4, 0.5) is 0 Å². The van der Waals surface area contributed by atoms with Crippen LogP contribution in [0.15, 0.2) is 59.2 Å². The first-order chi connectivity index (χ1) is 17.6. The molecule has 37 heavy (non-hydrogen) atoms. The fraction of sp³-hybridized carbons (Fsp3) is 0.484. The number of carbonyl (C=O) groups is 2. The molecule has 1 unspecified atom stereocenters. The summed E-state index contributed by atoms with van der Waals surface area (Å²) in [5, 5.41) is 0. The Bertz CT molecular complexity index is 1110. The van der Waals surface area contributed by atoms with Crippen LogP contribution in [-0.2, 0) is 20.7 Å². The number of primary amides is 1. The number of amides is 1. The van der Waals surface area contributed by atoms with Crippen LogP contribution in [0.1, 0.15) is 76.8 Å². The SMILES string of the molecule is C/C(=C\CCC1(C)CCc2cc(OCC(N)=O)cc(C)c2O1)CC/C=C(\C)C(=O)OCC1=CCCC=C1. The molecule has 1 aromatic rings. The summed E-state index contributed by atoms with van der Waals surface area (Å²) in [5.74, 6) is 0.837. The summed E-state index contributed by atoms with van der Waals surface area (Å²) in [4.78, 5) is 23.2. The van der Waals surface area contributed by atoms with Gasteiger partial charge in [0.15, 0.2) is 6.61 Å². The van der Waals surface area contributed by atoms with Crippen LogP contribution in [0.2, 0.25) is 0 Å². The first kappa shape index (κ1) is 28.3. The molecule has 200 valence electrons. The third kappa shape index (κ3) is 8.96. The molecule has 0 radical (unpaired) electrons. The number of hydrogen-bond acceptors (Lipinski definition) is 5. The van der Waals surface area contributed by atoms with Gasteiger partial charge in [0.25, 0.3) is 5.91 Å². The van der Waals surface area contributed by atoms with E-state index in [0.29, 0.717) is 17.9 Å². The molecule has 1 aromatic carbocycles. The molecule has 0 fully saturated rings. The molecule has 1 heterocycles. The minimum atomic E-state index is -0.489. The van der Waals surface area contributed by atoms with E-state index in [0.717, 1.165) is 73.8 Å². The van der Waals surface area contributed by atoms with Crippen molar-refractivity contribution in [2.24, 2.45) is 5.73 Å². The first-order valence-corrected chi connectivity index (χ1v) is 13.2. The highest BCUT2D eigenvalue weighted by Gasteiger charge is 2.32. The van der Waals surface area contributed by atoms with Gasteiger partial charge < -0.3 is 19.9 Å². The van der Waals surface area contributed by atoms with Gasteiger partial charge in [0.2, 0.25) is 0 Å². The Kier molecular flexibility index (Phi) is 10.2. The van der Waals surface area contributed by atoms with Gasteiger partial charge >= 0.3 is 5.97 Å². The molecular formula is C31H41NO5. The van der Waals surface area contributed by atoms with E-state index in [9.17, 15) is 9.59 Å². The summed E-state index contributed by atoms with van der Waals surface area (Å²) < 4.78 is 17.4. The quantitative estimate of drug-likeness (QED) is 0.206. The number of hydrogen-bond donors (Lipinski definition) is 1. The lowest BCUT2D eigenvalue weighted by Gasteiger charge is -2.37. The second-order valence-corrected chi connectivity index (χ2v) is 10.4. The van der Waals surface area contributed by atoms with Crippen LogP contribution < -0.4 is 15.2 Å². The lowest BCUT2D eigenvalue weighted by molar-refractivity contribution is -0.138. The second kappa shape index (κ2) is 13.3. The number of esters is 1. The molecule has 0 saturated heterocycles. The number of nitrogens with two attached hydrogens (primary N) is 1. The Morgan fingerprint density at radius 3 is 2.70 bits per heavy atom. The number of benzene rings is 1. The molecule has 6 heteroatoms. The summed E-state index contributed by atoms with van der Waals surface area (Å²) >= 11 is 0. The molecule has 2 N–H and O–H groups in total. The summed E-state index contributed by atoms with van der Waals surface area (Å²) in [6, 6.07) is 3.84. The van der Waals surface area contributed by atoms with Gasteiger partial charge in [-0.15, -0.1) is 0 Å². The highest BCUT2D eigenvalue weighted by atomic mass is 16.5. The van der Waals surface area contributed by atoms with Crippen LogP contribution in [-0.4, -0.2) is 30.7 Å². The monoisotopic (exact) mass is 507 g/mol. The molecule has 0 spiro atoms. The number of fused-ring (bicyclic) bond motifs is 1. The normalized spacial score (nSPS) is 19.5. The van der Waals surface area contributed by atoms with Crippen LogP contribution in [0.5, 0.6) is 11.5 Å². The summed E-state index contributed by atoms with van der Waals surface area (Å²) in [5.41, 5.74) is 10.1. The number of aryl methyl sites for hydroxylation is 2. The molecule has 0 bridgehead atoms. The zero-order valence-electron chi connectivity index (χ0n) is 22.7. The standard InChI is InChI=1S/C31H41NO5/c1-22(10-8-12-23(2)30(34)36-20-25-13-6-5-7-14-25)11-9-16-31(4)17-15-26-19-27(35-21-28(32)33)18-24(3)29(26)37-31/h6,11-14,18-19H,5,7-10,15-17,20-21H2,1-4H3,(H2,32,33)/b22-11+,23-12+. The van der Waals surface area contributed by atoms with Crippen molar-refractivity contribution in [3.8, 4) is 11.5 Å². The van der Waals surface area contributed by atoms with Crippen molar-refractivity contribution in [3.63, 3.8) is 0 Å². The third-order valence-electron chi connectivity index (χ3n) is 6.90. The van der Waals surface area contributed by atoms with E-state index in [1.165, 1.54) is 5.57 Å². The van der Waals surface area contributed by atoms with Crippen LogP contribution in [0, 0.1) is 6.92 Å². The minimum absolute atomic E-state index is 0.127. The van der Waals surface area contributed by atoms with Gasteiger partial charge in [0, 0.05) is 5.57 Å². The van der Waals surface area contributed by atoms with E-state index in [1.54, 1.807) is 0 Å². The lowest BCUT2D eigenvalue weighted by Crippen LogP contribution is -2.36. The number of allylic oxidation sites excluding steroid dienone is 5. The molecule has 1 amide bonds. The van der Waals surface area contributed by atoms with Crippen LogP contribution >= 0.6 is 0 Å². The van der Waals surface area contributed by atoms with Crippen molar-refractivity contribution >= 4 is 11.9 Å². The van der Waals surface area contributed by atoms with Gasteiger partial charge in [0.05, 0.1) is 0 Å². The van der Waals surface area contributed by atoms with Crippen molar-refractivity contribution in [3.05, 3.63) is 70.4 Å². The predicted octanol–water partition coefficient (Wildman–Crippen LogP) is 6.22. The average Bonchev–Trinajstić information content (AvgIpc) is 2.87. The van der Waals surface area contributed by atoms with Crippen molar-refractivity contribution in [2.45, 2.75) is 84.7 Å². The maximum atomic E-state index is 12.2.